The molecule has 1 aliphatic heterocycles. The Balaban J connectivity index is 1.53. The van der Waals surface area contributed by atoms with Gasteiger partial charge in [0.1, 0.15) is 11.6 Å². The molecule has 2 amide bonds. The Labute approximate surface area is 163 Å². The van der Waals surface area contributed by atoms with Crippen molar-refractivity contribution in [3.8, 4) is 0 Å². The molecule has 0 aromatic heterocycles. The second-order valence-corrected chi connectivity index (χ2v) is 6.74. The zero-order chi connectivity index (χ0) is 20.1. The van der Waals surface area contributed by atoms with E-state index in [1.165, 1.54) is 42.2 Å². The molecule has 2 aromatic carbocycles. The van der Waals surface area contributed by atoms with Crippen LogP contribution in [0, 0.1) is 11.6 Å². The first-order chi connectivity index (χ1) is 13.4. The van der Waals surface area contributed by atoms with Crippen LogP contribution in [0.2, 0.25) is 0 Å². The van der Waals surface area contributed by atoms with E-state index in [4.69, 9.17) is 0 Å². The Morgan fingerprint density at radius 3 is 2.25 bits per heavy atom. The molecular weight excluding hydrogens is 364 g/mol. The fourth-order valence-electron chi connectivity index (χ4n) is 3.34. The molecule has 0 N–H and O–H groups in total. The molecule has 0 saturated carbocycles. The van der Waals surface area contributed by atoms with Crippen LogP contribution in [0.4, 0.5) is 20.2 Å². The number of halogens is 2. The minimum absolute atomic E-state index is 0.0404. The summed E-state index contributed by atoms with van der Waals surface area (Å²) in [7, 11) is 0. The average molecular weight is 387 g/mol. The van der Waals surface area contributed by atoms with Crippen LogP contribution in [0.5, 0.6) is 0 Å². The molecule has 2 aromatic rings. The van der Waals surface area contributed by atoms with Crippen LogP contribution in [-0.4, -0.2) is 49.4 Å². The van der Waals surface area contributed by atoms with Crippen LogP contribution in [0.15, 0.2) is 48.5 Å². The van der Waals surface area contributed by atoms with E-state index in [1.54, 1.807) is 23.1 Å². The summed E-state index contributed by atoms with van der Waals surface area (Å²) in [5.41, 5.74) is 1.38. The van der Waals surface area contributed by atoms with Crippen molar-refractivity contribution in [3.63, 3.8) is 0 Å². The number of anilines is 2. The van der Waals surface area contributed by atoms with Crippen LogP contribution < -0.4 is 9.80 Å². The van der Waals surface area contributed by atoms with Gasteiger partial charge in [0.15, 0.2) is 0 Å². The first kappa shape index (κ1) is 19.8. The summed E-state index contributed by atoms with van der Waals surface area (Å²) in [6.45, 7) is 4.06. The predicted molar refractivity (Wildman–Crippen MR) is 104 cm³/mol. The molecule has 1 heterocycles. The Bertz CT molecular complexity index is 834. The molecule has 28 heavy (non-hydrogen) atoms. The third kappa shape index (κ3) is 4.85. The van der Waals surface area contributed by atoms with Crippen LogP contribution in [-0.2, 0) is 9.59 Å². The standard InChI is InChI=1S/C21H23F2N3O2/c1-16(27)26(20-4-2-3-18(23)15-20)10-9-21(28)25-13-11-24(12-14-25)19-7-5-17(22)6-8-19/h2-8,15H,9-14H2,1H3. The topological polar surface area (TPSA) is 43.9 Å². The second-order valence-electron chi connectivity index (χ2n) is 6.74. The maximum Gasteiger partial charge on any atom is 0.224 e. The van der Waals surface area contributed by atoms with Gasteiger partial charge in [0.05, 0.1) is 0 Å². The maximum absolute atomic E-state index is 13.4. The highest BCUT2D eigenvalue weighted by molar-refractivity contribution is 5.92. The van der Waals surface area contributed by atoms with Gasteiger partial charge in [-0.1, -0.05) is 6.07 Å². The Morgan fingerprint density at radius 1 is 0.964 bits per heavy atom. The van der Waals surface area contributed by atoms with Gasteiger partial charge < -0.3 is 14.7 Å². The van der Waals surface area contributed by atoms with E-state index in [9.17, 15) is 18.4 Å². The molecule has 0 bridgehead atoms. The molecule has 0 unspecified atom stereocenters. The molecule has 148 valence electrons. The van der Waals surface area contributed by atoms with Gasteiger partial charge in [-0.05, 0) is 42.5 Å². The lowest BCUT2D eigenvalue weighted by atomic mass is 10.2. The average Bonchev–Trinajstić information content (AvgIpc) is 2.68. The van der Waals surface area contributed by atoms with Crippen molar-refractivity contribution in [3.05, 3.63) is 60.2 Å². The van der Waals surface area contributed by atoms with Crippen molar-refractivity contribution in [2.24, 2.45) is 0 Å². The minimum atomic E-state index is -0.424. The van der Waals surface area contributed by atoms with Crippen molar-refractivity contribution >= 4 is 23.2 Å². The number of nitrogens with zero attached hydrogens (tertiary/aromatic N) is 3. The van der Waals surface area contributed by atoms with Gasteiger partial charge in [-0.2, -0.15) is 0 Å². The molecule has 7 heteroatoms. The molecular formula is C21H23F2N3O2. The third-order valence-corrected chi connectivity index (χ3v) is 4.87. The van der Waals surface area contributed by atoms with Gasteiger partial charge in [-0.15, -0.1) is 0 Å². The first-order valence-electron chi connectivity index (χ1n) is 9.26. The highest BCUT2D eigenvalue weighted by Crippen LogP contribution is 2.19. The lowest BCUT2D eigenvalue weighted by molar-refractivity contribution is -0.131. The Morgan fingerprint density at radius 2 is 1.64 bits per heavy atom. The molecule has 0 spiro atoms. The second kappa shape index (κ2) is 8.82. The van der Waals surface area contributed by atoms with Crippen molar-refractivity contribution in [1.29, 1.82) is 0 Å². The number of rotatable bonds is 5. The number of benzene rings is 2. The molecule has 1 fully saturated rings. The zero-order valence-electron chi connectivity index (χ0n) is 15.8. The van der Waals surface area contributed by atoms with Crippen molar-refractivity contribution in [1.82, 2.24) is 4.90 Å². The highest BCUT2D eigenvalue weighted by Gasteiger charge is 2.22. The molecule has 0 radical (unpaired) electrons. The van der Waals surface area contributed by atoms with Gasteiger partial charge >= 0.3 is 0 Å². The van der Waals surface area contributed by atoms with Gasteiger partial charge in [-0.25, -0.2) is 8.78 Å². The minimum Gasteiger partial charge on any atom is -0.368 e. The summed E-state index contributed by atoms with van der Waals surface area (Å²) in [6, 6.07) is 12.1. The van der Waals surface area contributed by atoms with Crippen molar-refractivity contribution < 1.29 is 18.4 Å². The van der Waals surface area contributed by atoms with E-state index >= 15 is 0 Å². The number of carbonyl (C=O) groups excluding carboxylic acids is 2. The summed E-state index contributed by atoms with van der Waals surface area (Å²) in [6.07, 6.45) is 0.173. The lowest BCUT2D eigenvalue weighted by Crippen LogP contribution is -2.49. The fourth-order valence-corrected chi connectivity index (χ4v) is 3.34. The number of hydrogen-bond acceptors (Lipinski definition) is 3. The largest absolute Gasteiger partial charge is 0.368 e. The third-order valence-electron chi connectivity index (χ3n) is 4.87. The van der Waals surface area contributed by atoms with Crippen LogP contribution in [0.25, 0.3) is 0 Å². The van der Waals surface area contributed by atoms with E-state index < -0.39 is 5.82 Å². The summed E-state index contributed by atoms with van der Waals surface area (Å²) >= 11 is 0. The highest BCUT2D eigenvalue weighted by atomic mass is 19.1. The summed E-state index contributed by atoms with van der Waals surface area (Å²) in [5.74, 6) is -0.973. The van der Waals surface area contributed by atoms with Crippen molar-refractivity contribution in [2.45, 2.75) is 13.3 Å². The lowest BCUT2D eigenvalue weighted by Gasteiger charge is -2.36. The molecule has 0 atom stereocenters. The van der Waals surface area contributed by atoms with E-state index in [1.807, 2.05) is 0 Å². The molecule has 3 rings (SSSR count). The predicted octanol–water partition coefficient (Wildman–Crippen LogP) is 3.06. The van der Waals surface area contributed by atoms with Gasteiger partial charge in [0.2, 0.25) is 11.8 Å². The van der Waals surface area contributed by atoms with Gasteiger partial charge in [0.25, 0.3) is 0 Å². The quantitative estimate of drug-likeness (QED) is 0.792. The fraction of sp³-hybridized carbons (Fsp3) is 0.333. The summed E-state index contributed by atoms with van der Waals surface area (Å²) in [5, 5.41) is 0. The molecule has 0 aliphatic carbocycles. The van der Waals surface area contributed by atoms with Crippen LogP contribution in [0.1, 0.15) is 13.3 Å². The molecule has 5 nitrogen and oxygen atoms in total. The number of piperazine rings is 1. The molecule has 1 saturated heterocycles. The Hall–Kier alpha value is -2.96. The van der Waals surface area contributed by atoms with Gasteiger partial charge in [-0.3, -0.25) is 9.59 Å². The van der Waals surface area contributed by atoms with Gasteiger partial charge in [0, 0.05) is 57.4 Å². The number of hydrogen-bond donors (Lipinski definition) is 0. The smallest absolute Gasteiger partial charge is 0.224 e. The summed E-state index contributed by atoms with van der Waals surface area (Å²) in [4.78, 5) is 29.8. The SMILES string of the molecule is CC(=O)N(CCC(=O)N1CCN(c2ccc(F)cc2)CC1)c1cccc(F)c1. The van der Waals surface area contributed by atoms with Crippen LogP contribution in [0.3, 0.4) is 0 Å². The number of carbonyl (C=O) groups is 2. The Kier molecular flexibility index (Phi) is 6.23. The maximum atomic E-state index is 13.4. The van der Waals surface area contributed by atoms with Crippen molar-refractivity contribution in [2.75, 3.05) is 42.5 Å². The first-order valence-corrected chi connectivity index (χ1v) is 9.26. The van der Waals surface area contributed by atoms with Crippen LogP contribution >= 0.6 is 0 Å². The van der Waals surface area contributed by atoms with E-state index in [0.29, 0.717) is 31.9 Å². The molecule has 1 aliphatic rings. The van der Waals surface area contributed by atoms with E-state index in [2.05, 4.69) is 4.90 Å². The summed E-state index contributed by atoms with van der Waals surface area (Å²) < 4.78 is 26.5. The normalized spacial score (nSPS) is 14.1. The zero-order valence-corrected chi connectivity index (χ0v) is 15.8. The monoisotopic (exact) mass is 387 g/mol. The number of amides is 2. The van der Waals surface area contributed by atoms with E-state index in [0.717, 1.165) is 5.69 Å². The van der Waals surface area contributed by atoms with E-state index in [-0.39, 0.29) is 30.6 Å².